The van der Waals surface area contributed by atoms with Gasteiger partial charge in [0.1, 0.15) is 5.82 Å². The van der Waals surface area contributed by atoms with Crippen molar-refractivity contribution in [2.24, 2.45) is 0 Å². The number of carbonyl (C=O) groups is 1. The summed E-state index contributed by atoms with van der Waals surface area (Å²) in [5, 5.41) is 3.25. The Balaban J connectivity index is 1.62. The first-order valence-corrected chi connectivity index (χ1v) is 10.2. The third-order valence-corrected chi connectivity index (χ3v) is 5.21. The molecule has 0 atom stereocenters. The number of aromatic amines is 1. The summed E-state index contributed by atoms with van der Waals surface area (Å²) in [7, 11) is 0. The normalized spacial score (nSPS) is 10.9. The van der Waals surface area contributed by atoms with Gasteiger partial charge in [0.2, 0.25) is 5.91 Å². The van der Waals surface area contributed by atoms with Gasteiger partial charge in [0.25, 0.3) is 5.56 Å². The van der Waals surface area contributed by atoms with E-state index < -0.39 is 0 Å². The number of nitrogens with one attached hydrogen (secondary N) is 2. The number of benzene rings is 2. The first-order chi connectivity index (χ1) is 13.9. The summed E-state index contributed by atoms with van der Waals surface area (Å²) in [4.78, 5) is 31.3. The third-order valence-electron chi connectivity index (χ3n) is 4.26. The summed E-state index contributed by atoms with van der Waals surface area (Å²) in [6.45, 7) is 4.22. The van der Waals surface area contributed by atoms with Crippen LogP contribution in [-0.2, 0) is 17.0 Å². The minimum Gasteiger partial charge on any atom is -0.326 e. The highest BCUT2D eigenvalue weighted by molar-refractivity contribution is 7.98. The van der Waals surface area contributed by atoms with Crippen LogP contribution in [0.5, 0.6) is 0 Å². The molecular weight excluding hydrogens is 389 g/mol. The Labute approximate surface area is 172 Å². The zero-order valence-electron chi connectivity index (χ0n) is 16.2. The molecule has 0 spiro atoms. The van der Waals surface area contributed by atoms with Crippen LogP contribution in [0.15, 0.2) is 64.5 Å². The Morgan fingerprint density at radius 2 is 1.83 bits per heavy atom. The molecule has 1 aromatic heterocycles. The van der Waals surface area contributed by atoms with Crippen LogP contribution in [-0.4, -0.2) is 15.9 Å². The molecule has 0 aliphatic heterocycles. The van der Waals surface area contributed by atoms with Gasteiger partial charge < -0.3 is 10.3 Å². The lowest BCUT2D eigenvalue weighted by Gasteiger charge is -2.09. The molecule has 0 aliphatic rings. The number of hydrogen-bond acceptors (Lipinski definition) is 4. The number of halogens is 1. The van der Waals surface area contributed by atoms with Crippen molar-refractivity contribution in [2.45, 2.75) is 37.1 Å². The Hall–Kier alpha value is -2.93. The average molecular weight is 412 g/mol. The second kappa shape index (κ2) is 9.52. The highest BCUT2D eigenvalue weighted by Crippen LogP contribution is 2.19. The van der Waals surface area contributed by atoms with Gasteiger partial charge >= 0.3 is 0 Å². The average Bonchev–Trinajstić information content (AvgIpc) is 2.67. The van der Waals surface area contributed by atoms with Crippen LogP contribution < -0.4 is 10.9 Å². The lowest BCUT2D eigenvalue weighted by molar-refractivity contribution is -0.115. The van der Waals surface area contributed by atoms with Gasteiger partial charge in [-0.05, 0) is 41.3 Å². The lowest BCUT2D eigenvalue weighted by Crippen LogP contribution is -2.18. The fourth-order valence-corrected chi connectivity index (χ4v) is 3.55. The minimum absolute atomic E-state index is 0.0000395. The second-order valence-electron chi connectivity index (χ2n) is 6.96. The Kier molecular flexibility index (Phi) is 6.82. The quantitative estimate of drug-likeness (QED) is 0.443. The number of nitrogens with zero attached hydrogens (tertiary/aromatic N) is 1. The number of amides is 1. The van der Waals surface area contributed by atoms with Crippen LogP contribution in [0.3, 0.4) is 0 Å². The molecular formula is C22H22FN3O2S. The monoisotopic (exact) mass is 411 g/mol. The molecule has 0 aliphatic carbocycles. The van der Waals surface area contributed by atoms with E-state index >= 15 is 0 Å². The molecule has 1 heterocycles. The molecule has 0 radical (unpaired) electrons. The van der Waals surface area contributed by atoms with Crippen LogP contribution in [0.1, 0.15) is 36.6 Å². The van der Waals surface area contributed by atoms with E-state index in [0.29, 0.717) is 28.2 Å². The van der Waals surface area contributed by atoms with E-state index in [4.69, 9.17) is 0 Å². The van der Waals surface area contributed by atoms with Gasteiger partial charge in [-0.25, -0.2) is 9.37 Å². The topological polar surface area (TPSA) is 74.8 Å². The van der Waals surface area contributed by atoms with Crippen LogP contribution in [0.25, 0.3) is 0 Å². The number of anilines is 1. The van der Waals surface area contributed by atoms with Crippen LogP contribution in [0.4, 0.5) is 10.1 Å². The number of rotatable bonds is 7. The molecule has 0 bridgehead atoms. The number of thioether (sulfide) groups is 1. The maximum Gasteiger partial charge on any atom is 0.251 e. The fraction of sp³-hybridized carbons (Fsp3) is 0.227. The Morgan fingerprint density at radius 3 is 2.48 bits per heavy atom. The molecule has 3 rings (SSSR count). The summed E-state index contributed by atoms with van der Waals surface area (Å²) in [5.41, 5.74) is 2.89. The summed E-state index contributed by atoms with van der Waals surface area (Å²) in [6.07, 6.45) is -0.0000395. The fourth-order valence-electron chi connectivity index (χ4n) is 2.70. The second-order valence-corrected chi connectivity index (χ2v) is 7.92. The van der Waals surface area contributed by atoms with Gasteiger partial charge in [-0.15, -0.1) is 0 Å². The molecule has 0 saturated heterocycles. The van der Waals surface area contributed by atoms with E-state index in [1.165, 1.54) is 35.5 Å². The van der Waals surface area contributed by atoms with Crippen LogP contribution >= 0.6 is 11.8 Å². The largest absolute Gasteiger partial charge is 0.326 e. The molecule has 2 aromatic carbocycles. The third kappa shape index (κ3) is 6.29. The molecule has 29 heavy (non-hydrogen) atoms. The van der Waals surface area contributed by atoms with Gasteiger partial charge in [0, 0.05) is 17.5 Å². The van der Waals surface area contributed by atoms with Crippen molar-refractivity contribution in [1.29, 1.82) is 0 Å². The van der Waals surface area contributed by atoms with E-state index in [0.717, 1.165) is 5.56 Å². The first kappa shape index (κ1) is 20.8. The SMILES string of the molecule is CC(C)c1ccc(NC(=O)Cc2cc(=O)[nH]c(SCc3ccc(F)cc3)n2)cc1. The van der Waals surface area contributed by atoms with E-state index in [1.54, 1.807) is 12.1 Å². The van der Waals surface area contributed by atoms with E-state index in [-0.39, 0.29) is 23.7 Å². The smallest absolute Gasteiger partial charge is 0.251 e. The van der Waals surface area contributed by atoms with Gasteiger partial charge in [-0.1, -0.05) is 49.9 Å². The molecule has 2 N–H and O–H groups in total. The van der Waals surface area contributed by atoms with Crippen molar-refractivity contribution < 1.29 is 9.18 Å². The number of hydrogen-bond donors (Lipinski definition) is 2. The number of aromatic nitrogens is 2. The summed E-state index contributed by atoms with van der Waals surface area (Å²) >= 11 is 1.32. The summed E-state index contributed by atoms with van der Waals surface area (Å²) in [5.74, 6) is 0.416. The number of H-pyrrole nitrogens is 1. The summed E-state index contributed by atoms with van der Waals surface area (Å²) in [6, 6.07) is 15.2. The van der Waals surface area contributed by atoms with Crippen molar-refractivity contribution in [3.05, 3.63) is 87.6 Å². The van der Waals surface area contributed by atoms with E-state index in [2.05, 4.69) is 29.1 Å². The van der Waals surface area contributed by atoms with Gasteiger partial charge in [-0.2, -0.15) is 0 Å². The van der Waals surface area contributed by atoms with Crippen molar-refractivity contribution in [3.8, 4) is 0 Å². The highest BCUT2D eigenvalue weighted by atomic mass is 32.2. The molecule has 1 amide bonds. The van der Waals surface area contributed by atoms with Gasteiger partial charge in [0.15, 0.2) is 5.16 Å². The zero-order valence-corrected chi connectivity index (χ0v) is 17.1. The molecule has 0 unspecified atom stereocenters. The van der Waals surface area contributed by atoms with Crippen LogP contribution in [0, 0.1) is 5.82 Å². The Bertz CT molecular complexity index is 1030. The lowest BCUT2D eigenvalue weighted by atomic mass is 10.0. The highest BCUT2D eigenvalue weighted by Gasteiger charge is 2.09. The predicted octanol–water partition coefficient (Wildman–Crippen LogP) is 4.51. The van der Waals surface area contributed by atoms with Gasteiger partial charge in [0.05, 0.1) is 12.1 Å². The predicted molar refractivity (Wildman–Crippen MR) is 114 cm³/mol. The summed E-state index contributed by atoms with van der Waals surface area (Å²) < 4.78 is 13.0. The van der Waals surface area contributed by atoms with Gasteiger partial charge in [-0.3, -0.25) is 9.59 Å². The first-order valence-electron chi connectivity index (χ1n) is 9.26. The molecule has 5 nitrogen and oxygen atoms in total. The molecule has 3 aromatic rings. The zero-order chi connectivity index (χ0) is 20.8. The molecule has 0 saturated carbocycles. The van der Waals surface area contributed by atoms with E-state index in [9.17, 15) is 14.0 Å². The maximum atomic E-state index is 13.0. The number of carbonyl (C=O) groups excluding carboxylic acids is 1. The van der Waals surface area contributed by atoms with Crippen molar-refractivity contribution >= 4 is 23.4 Å². The van der Waals surface area contributed by atoms with Crippen molar-refractivity contribution in [1.82, 2.24) is 9.97 Å². The molecule has 0 fully saturated rings. The van der Waals surface area contributed by atoms with Crippen molar-refractivity contribution in [3.63, 3.8) is 0 Å². The molecule has 150 valence electrons. The minimum atomic E-state index is -0.314. The van der Waals surface area contributed by atoms with E-state index in [1.807, 2.05) is 24.3 Å². The standard InChI is InChI=1S/C22H22FN3O2S/c1-14(2)16-5-9-18(10-6-16)24-20(27)11-19-12-21(28)26-22(25-19)29-13-15-3-7-17(23)8-4-15/h3-10,12,14H,11,13H2,1-2H3,(H,24,27)(H,25,26,28). The Morgan fingerprint density at radius 1 is 1.14 bits per heavy atom. The molecule has 7 heteroatoms. The van der Waals surface area contributed by atoms with Crippen LogP contribution in [0.2, 0.25) is 0 Å². The van der Waals surface area contributed by atoms with Crippen molar-refractivity contribution in [2.75, 3.05) is 5.32 Å². The maximum absolute atomic E-state index is 13.0.